The van der Waals surface area contributed by atoms with Crippen molar-refractivity contribution in [2.75, 3.05) is 0 Å². The molecule has 0 N–H and O–H groups in total. The normalized spacial score (nSPS) is 17.2. The fourth-order valence-electron chi connectivity index (χ4n) is 3.02. The van der Waals surface area contributed by atoms with Crippen LogP contribution in [-0.4, -0.2) is 22.8 Å². The fourth-order valence-corrected chi connectivity index (χ4v) is 3.15. The Morgan fingerprint density at radius 3 is 2.46 bits per heavy atom. The number of nitrogens with zero attached hydrogens (tertiary/aromatic N) is 2. The summed E-state index contributed by atoms with van der Waals surface area (Å²) in [5.74, 6) is 0.130. The fraction of sp³-hybridized carbons (Fsp3) is 0.227. The van der Waals surface area contributed by atoms with Crippen LogP contribution in [-0.2, 0) is 9.59 Å². The zero-order valence-electron chi connectivity index (χ0n) is 15.8. The van der Waals surface area contributed by atoms with Crippen molar-refractivity contribution in [3.8, 4) is 17.4 Å². The highest BCUT2D eigenvalue weighted by molar-refractivity contribution is 6.30. The molecule has 0 aliphatic carbocycles. The predicted octanol–water partition coefficient (Wildman–Crippen LogP) is 4.99. The lowest BCUT2D eigenvalue weighted by Gasteiger charge is -2.31. The molecule has 6 heteroatoms. The average molecular weight is 395 g/mol. The number of nitriles is 1. The molecule has 1 aromatic heterocycles. The van der Waals surface area contributed by atoms with Crippen LogP contribution in [0.2, 0.25) is 5.02 Å². The van der Waals surface area contributed by atoms with Crippen LogP contribution in [0.4, 0.5) is 0 Å². The van der Waals surface area contributed by atoms with E-state index in [0.29, 0.717) is 28.5 Å². The van der Waals surface area contributed by atoms with Gasteiger partial charge in [0.25, 0.3) is 11.8 Å². The molecule has 2 aromatic rings. The van der Waals surface area contributed by atoms with Gasteiger partial charge in [0.2, 0.25) is 0 Å². The van der Waals surface area contributed by atoms with E-state index in [4.69, 9.17) is 16.0 Å². The molecule has 28 heavy (non-hydrogen) atoms. The lowest BCUT2D eigenvalue weighted by Crippen LogP contribution is -2.47. The highest BCUT2D eigenvalue weighted by Gasteiger charge is 2.37. The van der Waals surface area contributed by atoms with Crippen molar-refractivity contribution in [2.24, 2.45) is 0 Å². The molecule has 2 heterocycles. The van der Waals surface area contributed by atoms with Crippen LogP contribution >= 0.6 is 11.6 Å². The van der Waals surface area contributed by atoms with Crippen molar-refractivity contribution >= 4 is 29.5 Å². The van der Waals surface area contributed by atoms with E-state index in [0.717, 1.165) is 10.5 Å². The second kappa shape index (κ2) is 7.87. The van der Waals surface area contributed by atoms with Crippen molar-refractivity contribution in [1.82, 2.24) is 4.90 Å². The quantitative estimate of drug-likeness (QED) is 0.540. The Morgan fingerprint density at radius 2 is 1.86 bits per heavy atom. The number of hydrogen-bond donors (Lipinski definition) is 0. The Balaban J connectivity index is 2.04. The molecule has 0 spiro atoms. The number of furan rings is 1. The zero-order valence-corrected chi connectivity index (χ0v) is 16.6. The monoisotopic (exact) mass is 394 g/mol. The number of imide groups is 1. The molecule has 142 valence electrons. The predicted molar refractivity (Wildman–Crippen MR) is 107 cm³/mol. The molecule has 0 fully saturated rings. The Labute approximate surface area is 168 Å². The van der Waals surface area contributed by atoms with E-state index < -0.39 is 11.8 Å². The van der Waals surface area contributed by atoms with Gasteiger partial charge in [-0.05, 0) is 68.3 Å². The molecule has 0 bridgehead atoms. The SMILES string of the molecule is CCC(C)N1C(=O)C(C#N)=C(C)/C(=C\c2ccc(-c3ccc(Cl)cc3)o2)C1=O. The summed E-state index contributed by atoms with van der Waals surface area (Å²) in [4.78, 5) is 26.7. The molecule has 0 radical (unpaired) electrons. The van der Waals surface area contributed by atoms with E-state index in [1.165, 1.54) is 0 Å². The maximum absolute atomic E-state index is 13.0. The highest BCUT2D eigenvalue weighted by Crippen LogP contribution is 2.30. The molecule has 1 unspecified atom stereocenters. The third-order valence-corrected chi connectivity index (χ3v) is 5.10. The molecular formula is C22H19ClN2O3. The number of benzene rings is 1. The summed E-state index contributed by atoms with van der Waals surface area (Å²) in [6.07, 6.45) is 2.18. The van der Waals surface area contributed by atoms with Gasteiger partial charge in [0.15, 0.2) is 0 Å². The minimum atomic E-state index is -0.544. The van der Waals surface area contributed by atoms with Crippen molar-refractivity contribution in [2.45, 2.75) is 33.2 Å². The Kier molecular flexibility index (Phi) is 5.53. The topological polar surface area (TPSA) is 74.3 Å². The summed E-state index contributed by atoms with van der Waals surface area (Å²) in [5, 5.41) is 10.1. The molecular weight excluding hydrogens is 376 g/mol. The van der Waals surface area contributed by atoms with Crippen molar-refractivity contribution in [1.29, 1.82) is 5.26 Å². The summed E-state index contributed by atoms with van der Waals surface area (Å²) < 4.78 is 5.85. The molecule has 0 saturated heterocycles. The maximum atomic E-state index is 13.0. The molecule has 5 nitrogen and oxygen atoms in total. The molecule has 1 aliphatic rings. The summed E-state index contributed by atoms with van der Waals surface area (Å²) in [6, 6.07) is 12.4. The molecule has 0 saturated carbocycles. The highest BCUT2D eigenvalue weighted by atomic mass is 35.5. The van der Waals surface area contributed by atoms with Crippen LogP contribution in [0, 0.1) is 11.3 Å². The first-order valence-electron chi connectivity index (χ1n) is 8.94. The van der Waals surface area contributed by atoms with Gasteiger partial charge in [-0.1, -0.05) is 18.5 Å². The number of carbonyl (C=O) groups is 2. The van der Waals surface area contributed by atoms with Gasteiger partial charge in [-0.25, -0.2) is 0 Å². The first kappa shape index (κ1) is 19.7. The van der Waals surface area contributed by atoms with Crippen LogP contribution in [0.1, 0.15) is 33.0 Å². The minimum Gasteiger partial charge on any atom is -0.457 e. The van der Waals surface area contributed by atoms with Gasteiger partial charge in [0.05, 0.1) is 0 Å². The Bertz CT molecular complexity index is 1040. The molecule has 3 rings (SSSR count). The summed E-state index contributed by atoms with van der Waals surface area (Å²) in [6.45, 7) is 5.28. The lowest BCUT2D eigenvalue weighted by molar-refractivity contribution is -0.142. The van der Waals surface area contributed by atoms with E-state index in [9.17, 15) is 14.9 Å². The van der Waals surface area contributed by atoms with Crippen LogP contribution in [0.5, 0.6) is 0 Å². The largest absolute Gasteiger partial charge is 0.457 e. The second-order valence-electron chi connectivity index (χ2n) is 6.62. The van der Waals surface area contributed by atoms with Gasteiger partial charge in [-0.3, -0.25) is 14.5 Å². The van der Waals surface area contributed by atoms with Gasteiger partial charge >= 0.3 is 0 Å². The van der Waals surface area contributed by atoms with Gasteiger partial charge in [-0.2, -0.15) is 5.26 Å². The minimum absolute atomic E-state index is 0.0179. The summed E-state index contributed by atoms with van der Waals surface area (Å²) >= 11 is 5.91. The Morgan fingerprint density at radius 1 is 1.18 bits per heavy atom. The first-order chi connectivity index (χ1) is 13.4. The van der Waals surface area contributed by atoms with Crippen LogP contribution in [0.3, 0.4) is 0 Å². The number of amides is 2. The van der Waals surface area contributed by atoms with Crippen molar-refractivity contribution in [3.63, 3.8) is 0 Å². The maximum Gasteiger partial charge on any atom is 0.271 e. The smallest absolute Gasteiger partial charge is 0.271 e. The van der Waals surface area contributed by atoms with E-state index in [-0.39, 0.29) is 17.2 Å². The molecule has 1 aliphatic heterocycles. The summed E-state index contributed by atoms with van der Waals surface area (Å²) in [5.41, 5.74) is 1.48. The van der Waals surface area contributed by atoms with Gasteiger partial charge in [-0.15, -0.1) is 0 Å². The van der Waals surface area contributed by atoms with E-state index in [2.05, 4.69) is 0 Å². The zero-order chi connectivity index (χ0) is 20.4. The number of rotatable bonds is 4. The second-order valence-corrected chi connectivity index (χ2v) is 7.05. The van der Waals surface area contributed by atoms with Crippen molar-refractivity contribution in [3.05, 3.63) is 63.9 Å². The standard InChI is InChI=1S/C22H19ClN2O3/c1-4-13(2)25-21(26)18(14(3)19(12-24)22(25)27)11-17-9-10-20(28-17)15-5-7-16(23)8-6-15/h5-11,13H,4H2,1-3H3/b18-11+. The number of hydrogen-bond acceptors (Lipinski definition) is 4. The molecule has 1 atom stereocenters. The lowest BCUT2D eigenvalue weighted by atomic mass is 9.93. The number of halogens is 1. The van der Waals surface area contributed by atoms with Gasteiger partial charge < -0.3 is 4.42 Å². The van der Waals surface area contributed by atoms with Crippen LogP contribution in [0.25, 0.3) is 17.4 Å². The molecule has 1 aromatic carbocycles. The van der Waals surface area contributed by atoms with Crippen LogP contribution < -0.4 is 0 Å². The van der Waals surface area contributed by atoms with E-state index in [1.807, 2.05) is 25.1 Å². The first-order valence-corrected chi connectivity index (χ1v) is 9.31. The van der Waals surface area contributed by atoms with Crippen LogP contribution in [0.15, 0.2) is 57.5 Å². The van der Waals surface area contributed by atoms with E-state index in [1.54, 1.807) is 44.2 Å². The van der Waals surface area contributed by atoms with Gasteiger partial charge in [0.1, 0.15) is 23.2 Å². The molecule has 2 amide bonds. The number of carbonyl (C=O) groups excluding carboxylic acids is 2. The summed E-state index contributed by atoms with van der Waals surface area (Å²) in [7, 11) is 0. The Hall–Kier alpha value is -3.10. The van der Waals surface area contributed by atoms with E-state index >= 15 is 0 Å². The van der Waals surface area contributed by atoms with Crippen molar-refractivity contribution < 1.29 is 14.0 Å². The third-order valence-electron chi connectivity index (χ3n) is 4.85. The third kappa shape index (κ3) is 3.51. The average Bonchev–Trinajstić information content (AvgIpc) is 3.14. The van der Waals surface area contributed by atoms with Gasteiger partial charge in [0, 0.05) is 22.2 Å².